The van der Waals surface area contributed by atoms with Gasteiger partial charge in [0.15, 0.2) is 0 Å². The van der Waals surface area contributed by atoms with Crippen molar-refractivity contribution in [3.63, 3.8) is 0 Å². The van der Waals surface area contributed by atoms with Gasteiger partial charge in [-0.1, -0.05) is 0 Å². The molecule has 0 fully saturated rings. The Bertz CT molecular complexity index is 355. The molecule has 1 N–H and O–H groups in total. The van der Waals surface area contributed by atoms with E-state index in [0.29, 0.717) is 0 Å². The maximum absolute atomic E-state index is 6.80. The number of rotatable bonds is 2. The molecule has 15 heavy (non-hydrogen) atoms. The van der Waals surface area contributed by atoms with E-state index >= 15 is 0 Å². The number of nitrogens with one attached hydrogen (secondary N) is 1. The molecule has 1 aromatic rings. The molecule has 0 amide bonds. The second-order valence-corrected chi connectivity index (χ2v) is 27.5. The third kappa shape index (κ3) is 3.50. The zero-order valence-corrected chi connectivity index (χ0v) is 13.1. The van der Waals surface area contributed by atoms with E-state index in [1.54, 1.807) is 0 Å². The van der Waals surface area contributed by atoms with Crippen molar-refractivity contribution in [2.24, 2.45) is 0 Å². The molecule has 1 rings (SSSR count). The summed E-state index contributed by atoms with van der Waals surface area (Å²) >= 11 is -4.34. The van der Waals surface area contributed by atoms with E-state index in [0.717, 1.165) is 0 Å². The fourth-order valence-electron chi connectivity index (χ4n) is 2.09. The normalized spacial score (nSPS) is 18.3. The van der Waals surface area contributed by atoms with E-state index in [-0.39, 0.29) is 5.54 Å². The number of nitrogens with zero attached hydrogens (tertiary/aromatic N) is 1. The van der Waals surface area contributed by atoms with Crippen molar-refractivity contribution < 1.29 is 12.4 Å². The Hall–Kier alpha value is 0.534. The van der Waals surface area contributed by atoms with Crippen LogP contribution in [0.4, 0.5) is 0 Å². The van der Waals surface area contributed by atoms with E-state index < -0.39 is 12.4 Å². The van der Waals surface area contributed by atoms with E-state index in [1.807, 2.05) is 38.0 Å². The molecule has 5 heteroatoms. The Morgan fingerprint density at radius 2 is 1.47 bits per heavy atom. The van der Waals surface area contributed by atoms with Crippen LogP contribution in [0.1, 0.15) is 20.8 Å². The molecule has 0 unspecified atom stereocenters. The Kier molecular flexibility index (Phi) is 2.77. The van der Waals surface area contributed by atoms with Crippen molar-refractivity contribution in [1.82, 2.24) is 6.85 Å². The van der Waals surface area contributed by atoms with Crippen molar-refractivity contribution in [2.45, 2.75) is 36.8 Å². The molecular formula is C10H20Cl2N2Ti. The first kappa shape index (κ1) is 13.6. The molecule has 1 aromatic heterocycles. The summed E-state index contributed by atoms with van der Waals surface area (Å²) < 4.78 is 5.37. The summed E-state index contributed by atoms with van der Waals surface area (Å²) in [4.78, 5) is 0. The maximum atomic E-state index is 6.80. The first-order valence-corrected chi connectivity index (χ1v) is 14.0. The average Bonchev–Trinajstić information content (AvgIpc) is 2.24. The molecular weight excluding hydrogens is 267 g/mol. The molecule has 88 valence electrons. The van der Waals surface area contributed by atoms with Gasteiger partial charge in [-0.25, -0.2) is 0 Å². The SMILES string of the molecule is CC(C)(C)[NH][Ti]([CH3])([CH3])([Cl])([Cl])[n]1cccc1. The predicted molar refractivity (Wildman–Crippen MR) is 66.2 cm³/mol. The minimum atomic E-state index is -4.34. The van der Waals surface area contributed by atoms with Crippen molar-refractivity contribution >= 4 is 18.6 Å². The monoisotopic (exact) mass is 286 g/mol. The summed E-state index contributed by atoms with van der Waals surface area (Å²) in [5.74, 6) is 0. The zero-order chi connectivity index (χ0) is 12.0. The zero-order valence-electron chi connectivity index (χ0n) is 10.0. The first-order valence-electron chi connectivity index (χ1n) is 5.12. The van der Waals surface area contributed by atoms with Crippen LogP contribution in [0.2, 0.25) is 10.5 Å². The topological polar surface area (TPSA) is 17.0 Å². The number of aromatic nitrogens is 1. The van der Waals surface area contributed by atoms with Gasteiger partial charge < -0.3 is 0 Å². The van der Waals surface area contributed by atoms with E-state index in [2.05, 4.69) is 24.6 Å². The Morgan fingerprint density at radius 1 is 1.07 bits per heavy atom. The van der Waals surface area contributed by atoms with Gasteiger partial charge in [0.25, 0.3) is 0 Å². The van der Waals surface area contributed by atoms with Crippen LogP contribution in [0, 0.1) is 0 Å². The number of hydrogen-bond donors (Lipinski definition) is 1. The van der Waals surface area contributed by atoms with Crippen molar-refractivity contribution in [3.8, 4) is 0 Å². The molecule has 0 aliphatic heterocycles. The molecule has 0 spiro atoms. The summed E-state index contributed by atoms with van der Waals surface area (Å²) in [6.07, 6.45) is 3.84. The van der Waals surface area contributed by atoms with Gasteiger partial charge in [0.1, 0.15) is 0 Å². The van der Waals surface area contributed by atoms with Gasteiger partial charge in [0.2, 0.25) is 0 Å². The quantitative estimate of drug-likeness (QED) is 0.807. The molecule has 0 saturated heterocycles. The minimum absolute atomic E-state index is 0.123. The molecule has 2 nitrogen and oxygen atoms in total. The van der Waals surface area contributed by atoms with Crippen LogP contribution in [-0.4, -0.2) is 8.59 Å². The second-order valence-electron chi connectivity index (χ2n) is 6.21. The van der Waals surface area contributed by atoms with Crippen LogP contribution in [0.5, 0.6) is 0 Å². The van der Waals surface area contributed by atoms with Gasteiger partial charge >= 0.3 is 99.2 Å². The summed E-state index contributed by atoms with van der Waals surface area (Å²) in [5.41, 5.74) is -0.123. The summed E-state index contributed by atoms with van der Waals surface area (Å²) in [7, 11) is 13.6. The van der Waals surface area contributed by atoms with Crippen LogP contribution >= 0.6 is 18.6 Å². The number of halogens is 2. The molecule has 0 radical (unpaired) electrons. The molecule has 0 saturated carbocycles. The first-order chi connectivity index (χ1) is 6.33. The van der Waals surface area contributed by atoms with Crippen LogP contribution in [0.25, 0.3) is 0 Å². The molecule has 0 aliphatic rings. The van der Waals surface area contributed by atoms with Crippen molar-refractivity contribution in [2.75, 3.05) is 0 Å². The van der Waals surface area contributed by atoms with Crippen LogP contribution in [0.3, 0.4) is 0 Å². The van der Waals surface area contributed by atoms with Gasteiger partial charge in [0.05, 0.1) is 0 Å². The van der Waals surface area contributed by atoms with Gasteiger partial charge in [-0.2, -0.15) is 0 Å². The molecule has 0 bridgehead atoms. The molecule has 1 heterocycles. The average molecular weight is 287 g/mol. The van der Waals surface area contributed by atoms with Crippen molar-refractivity contribution in [3.05, 3.63) is 24.5 Å². The Labute approximate surface area is 98.7 Å². The van der Waals surface area contributed by atoms with E-state index in [4.69, 9.17) is 18.6 Å². The Morgan fingerprint density at radius 3 is 1.80 bits per heavy atom. The summed E-state index contributed by atoms with van der Waals surface area (Å²) in [6, 6.07) is 3.87. The molecule has 0 aromatic carbocycles. The van der Waals surface area contributed by atoms with Crippen LogP contribution in [-0.2, 0) is 12.4 Å². The molecule has 0 atom stereocenters. The third-order valence-corrected chi connectivity index (χ3v) is 10.1. The summed E-state index contributed by atoms with van der Waals surface area (Å²) in [5, 5.41) is 3.88. The fraction of sp³-hybridized carbons (Fsp3) is 0.600. The van der Waals surface area contributed by atoms with Crippen LogP contribution < -0.4 is 3.80 Å². The predicted octanol–water partition coefficient (Wildman–Crippen LogP) is 4.18. The van der Waals surface area contributed by atoms with E-state index in [1.165, 1.54) is 0 Å². The number of hydrogen-bond acceptors (Lipinski definition) is 1. The Balaban J connectivity index is 3.27. The van der Waals surface area contributed by atoms with Crippen molar-refractivity contribution in [1.29, 1.82) is 0 Å². The third-order valence-electron chi connectivity index (χ3n) is 2.22. The standard InChI is InChI=1S/C4H4N.C4H10N.2CH3.2ClH.Ti/c1-2-4-5-3-1;1-4(2,3)5;;;;;/h1-4H;5H,1-3H3;2*1H3;2*1H;/q2*-1;;;;;+4/p-2. The van der Waals surface area contributed by atoms with Gasteiger partial charge in [-0.05, 0) is 0 Å². The van der Waals surface area contributed by atoms with Gasteiger partial charge in [-0.3, -0.25) is 0 Å². The van der Waals surface area contributed by atoms with Crippen LogP contribution in [0.15, 0.2) is 24.5 Å². The second kappa shape index (κ2) is 3.05. The van der Waals surface area contributed by atoms with Gasteiger partial charge in [-0.15, -0.1) is 0 Å². The van der Waals surface area contributed by atoms with E-state index in [9.17, 15) is 0 Å². The fourth-order valence-corrected chi connectivity index (χ4v) is 11.1. The molecule has 0 aliphatic carbocycles. The van der Waals surface area contributed by atoms with Gasteiger partial charge in [0, 0.05) is 0 Å². The summed E-state index contributed by atoms with van der Waals surface area (Å²) in [6.45, 7) is 6.20.